The van der Waals surface area contributed by atoms with Gasteiger partial charge in [-0.1, -0.05) is 38.1 Å². The summed E-state index contributed by atoms with van der Waals surface area (Å²) in [5.74, 6) is -0.352. The summed E-state index contributed by atoms with van der Waals surface area (Å²) < 4.78 is 5.40. The van der Waals surface area contributed by atoms with Gasteiger partial charge in [-0.2, -0.15) is 0 Å². The lowest BCUT2D eigenvalue weighted by atomic mass is 9.95. The third kappa shape index (κ3) is 3.81. The molecule has 0 unspecified atom stereocenters. The molecule has 4 nitrogen and oxygen atoms in total. The molecule has 0 bridgehead atoms. The fourth-order valence-electron chi connectivity index (χ4n) is 2.60. The van der Waals surface area contributed by atoms with Crippen LogP contribution in [-0.2, 0) is 16.1 Å². The van der Waals surface area contributed by atoms with Crippen LogP contribution in [0.2, 0.25) is 0 Å². The Morgan fingerprint density at radius 1 is 1.35 bits per heavy atom. The second-order valence-corrected chi connectivity index (χ2v) is 6.17. The lowest BCUT2D eigenvalue weighted by molar-refractivity contribution is -0.165. The number of hydrogen-bond donors (Lipinski definition) is 1. The van der Waals surface area contributed by atoms with Gasteiger partial charge in [-0.3, -0.25) is 4.90 Å². The highest BCUT2D eigenvalue weighted by Crippen LogP contribution is 2.26. The Morgan fingerprint density at radius 3 is 2.45 bits per heavy atom. The molecule has 0 aromatic heterocycles. The van der Waals surface area contributed by atoms with Gasteiger partial charge < -0.3 is 9.84 Å². The predicted octanol–water partition coefficient (Wildman–Crippen LogP) is 2.49. The Bertz CT molecular complexity index is 461. The van der Waals surface area contributed by atoms with E-state index >= 15 is 0 Å². The minimum Gasteiger partial charge on any atom is -0.480 e. The van der Waals surface area contributed by atoms with Gasteiger partial charge in [0.15, 0.2) is 0 Å². The molecule has 1 heterocycles. The summed E-state index contributed by atoms with van der Waals surface area (Å²) in [7, 11) is 0. The van der Waals surface area contributed by atoms with Crippen LogP contribution in [-0.4, -0.2) is 41.3 Å². The van der Waals surface area contributed by atoms with E-state index in [1.54, 1.807) is 0 Å². The Hall–Kier alpha value is -1.39. The molecule has 0 amide bonds. The van der Waals surface area contributed by atoms with Gasteiger partial charge in [0.05, 0.1) is 5.60 Å². The number of carbonyl (C=O) groups is 1. The van der Waals surface area contributed by atoms with Gasteiger partial charge in [0, 0.05) is 19.6 Å². The van der Waals surface area contributed by atoms with Gasteiger partial charge >= 0.3 is 5.97 Å². The van der Waals surface area contributed by atoms with E-state index < -0.39 is 5.97 Å². The average molecular weight is 277 g/mol. The first kappa shape index (κ1) is 15.0. The first-order valence-electron chi connectivity index (χ1n) is 7.05. The Labute approximate surface area is 120 Å². The molecule has 0 atom stereocenters. The van der Waals surface area contributed by atoms with E-state index in [1.807, 2.05) is 6.92 Å². The number of aliphatic carboxylic acids is 1. The SMILES string of the molecule is CC(C)c1ccc(CN2CC(C)(OCC(=O)O)C2)cc1. The minimum absolute atomic E-state index is 0.215. The van der Waals surface area contributed by atoms with Crippen LogP contribution in [0.1, 0.15) is 37.8 Å². The zero-order chi connectivity index (χ0) is 14.8. The molecule has 110 valence electrons. The van der Waals surface area contributed by atoms with Gasteiger partial charge in [0.1, 0.15) is 6.61 Å². The summed E-state index contributed by atoms with van der Waals surface area (Å²) in [6.45, 7) is 8.59. The predicted molar refractivity (Wildman–Crippen MR) is 77.8 cm³/mol. The molecule has 1 saturated heterocycles. The first-order valence-corrected chi connectivity index (χ1v) is 7.05. The number of hydrogen-bond acceptors (Lipinski definition) is 3. The molecule has 1 fully saturated rings. The number of ether oxygens (including phenoxy) is 1. The highest BCUT2D eigenvalue weighted by Gasteiger charge is 2.39. The van der Waals surface area contributed by atoms with Crippen molar-refractivity contribution in [3.8, 4) is 0 Å². The zero-order valence-corrected chi connectivity index (χ0v) is 12.4. The van der Waals surface area contributed by atoms with Crippen molar-refractivity contribution in [1.82, 2.24) is 4.90 Å². The average Bonchev–Trinajstić information content (AvgIpc) is 2.35. The highest BCUT2D eigenvalue weighted by atomic mass is 16.5. The summed E-state index contributed by atoms with van der Waals surface area (Å²) in [6, 6.07) is 8.70. The van der Waals surface area contributed by atoms with Crippen LogP contribution in [0, 0.1) is 0 Å². The van der Waals surface area contributed by atoms with Crippen LogP contribution < -0.4 is 0 Å². The van der Waals surface area contributed by atoms with Crippen molar-refractivity contribution in [2.45, 2.75) is 38.8 Å². The van der Waals surface area contributed by atoms with Crippen molar-refractivity contribution in [3.63, 3.8) is 0 Å². The summed E-state index contributed by atoms with van der Waals surface area (Å²) >= 11 is 0. The largest absolute Gasteiger partial charge is 0.480 e. The van der Waals surface area contributed by atoms with Crippen molar-refractivity contribution >= 4 is 5.97 Å². The van der Waals surface area contributed by atoms with E-state index in [2.05, 4.69) is 43.0 Å². The topological polar surface area (TPSA) is 49.8 Å². The number of rotatable bonds is 6. The fraction of sp³-hybridized carbons (Fsp3) is 0.562. The van der Waals surface area contributed by atoms with E-state index in [4.69, 9.17) is 9.84 Å². The van der Waals surface area contributed by atoms with Gasteiger partial charge in [0.2, 0.25) is 0 Å². The third-order valence-corrected chi connectivity index (χ3v) is 3.71. The van der Waals surface area contributed by atoms with Crippen LogP contribution in [0.3, 0.4) is 0 Å². The molecular formula is C16H23NO3. The Balaban J connectivity index is 1.80. The molecule has 1 N–H and O–H groups in total. The van der Waals surface area contributed by atoms with Crippen molar-refractivity contribution < 1.29 is 14.6 Å². The second kappa shape index (κ2) is 5.94. The molecule has 2 rings (SSSR count). The normalized spacial score (nSPS) is 18.0. The second-order valence-electron chi connectivity index (χ2n) is 6.17. The first-order chi connectivity index (χ1) is 9.38. The summed E-state index contributed by atoms with van der Waals surface area (Å²) in [5, 5.41) is 8.63. The van der Waals surface area contributed by atoms with Crippen LogP contribution in [0.15, 0.2) is 24.3 Å². The van der Waals surface area contributed by atoms with Gasteiger partial charge in [-0.15, -0.1) is 0 Å². The van der Waals surface area contributed by atoms with Crippen LogP contribution in [0.25, 0.3) is 0 Å². The molecular weight excluding hydrogens is 254 g/mol. The van der Waals surface area contributed by atoms with Crippen LogP contribution >= 0.6 is 0 Å². The third-order valence-electron chi connectivity index (χ3n) is 3.71. The molecule has 0 radical (unpaired) electrons. The molecule has 1 aliphatic rings. The Morgan fingerprint density at radius 2 is 1.95 bits per heavy atom. The van der Waals surface area contributed by atoms with Gasteiger partial charge in [-0.25, -0.2) is 4.79 Å². The summed E-state index contributed by atoms with van der Waals surface area (Å²) in [4.78, 5) is 12.8. The van der Waals surface area contributed by atoms with E-state index in [9.17, 15) is 4.79 Å². The smallest absolute Gasteiger partial charge is 0.329 e. The maximum atomic E-state index is 10.5. The monoisotopic (exact) mass is 277 g/mol. The van der Waals surface area contributed by atoms with Gasteiger partial charge in [-0.05, 0) is 24.0 Å². The molecule has 1 aliphatic heterocycles. The van der Waals surface area contributed by atoms with Crippen molar-refractivity contribution in [2.75, 3.05) is 19.7 Å². The quantitative estimate of drug-likeness (QED) is 0.868. The molecule has 4 heteroatoms. The molecule has 20 heavy (non-hydrogen) atoms. The summed E-state index contributed by atoms with van der Waals surface area (Å²) in [6.07, 6.45) is 0. The number of carboxylic acid groups (broad SMARTS) is 1. The lowest BCUT2D eigenvalue weighted by Gasteiger charge is -2.47. The van der Waals surface area contributed by atoms with Crippen molar-refractivity contribution in [2.24, 2.45) is 0 Å². The molecule has 0 saturated carbocycles. The number of likely N-dealkylation sites (tertiary alicyclic amines) is 1. The van der Waals surface area contributed by atoms with Gasteiger partial charge in [0.25, 0.3) is 0 Å². The standard InChI is InChI=1S/C16H23NO3/c1-12(2)14-6-4-13(5-7-14)8-17-10-16(3,11-17)20-9-15(18)19/h4-7,12H,8-11H2,1-3H3,(H,18,19). The minimum atomic E-state index is -0.908. The van der Waals surface area contributed by atoms with Crippen LogP contribution in [0.4, 0.5) is 0 Å². The highest BCUT2D eigenvalue weighted by molar-refractivity contribution is 5.68. The Kier molecular flexibility index (Phi) is 4.45. The van der Waals surface area contributed by atoms with E-state index in [0.29, 0.717) is 5.92 Å². The van der Waals surface area contributed by atoms with Crippen LogP contribution in [0.5, 0.6) is 0 Å². The van der Waals surface area contributed by atoms with Crippen molar-refractivity contribution in [3.05, 3.63) is 35.4 Å². The van der Waals surface area contributed by atoms with Crippen molar-refractivity contribution in [1.29, 1.82) is 0 Å². The number of benzene rings is 1. The fourth-order valence-corrected chi connectivity index (χ4v) is 2.60. The molecule has 0 spiro atoms. The molecule has 0 aliphatic carbocycles. The molecule has 1 aromatic rings. The van der Waals surface area contributed by atoms with E-state index in [-0.39, 0.29) is 12.2 Å². The maximum Gasteiger partial charge on any atom is 0.329 e. The lowest BCUT2D eigenvalue weighted by Crippen LogP contribution is -2.61. The zero-order valence-electron chi connectivity index (χ0n) is 12.4. The van der Waals surface area contributed by atoms with E-state index in [1.165, 1.54) is 11.1 Å². The number of carboxylic acids is 1. The number of nitrogens with zero attached hydrogens (tertiary/aromatic N) is 1. The summed E-state index contributed by atoms with van der Waals surface area (Å²) in [5.41, 5.74) is 2.33. The maximum absolute atomic E-state index is 10.5. The van der Waals surface area contributed by atoms with E-state index in [0.717, 1.165) is 19.6 Å². The molecule has 1 aromatic carbocycles.